The molecule has 0 saturated carbocycles. The maximum Gasteiger partial charge on any atom is 0.355 e. The third-order valence-corrected chi connectivity index (χ3v) is 1.79. The maximum atomic E-state index is 10.7. The Kier molecular flexibility index (Phi) is 5.49. The Bertz CT molecular complexity index is 392. The van der Waals surface area contributed by atoms with Crippen molar-refractivity contribution in [3.05, 3.63) is 29.1 Å². The van der Waals surface area contributed by atoms with Crippen LogP contribution in [0.5, 0.6) is 0 Å². The van der Waals surface area contributed by atoms with Crippen LogP contribution in [-0.2, 0) is 6.42 Å². The molecule has 0 spiro atoms. The van der Waals surface area contributed by atoms with Gasteiger partial charge in [-0.25, -0.2) is 14.6 Å². The normalized spacial score (nSPS) is 9.13. The number of nitrogens with zero attached hydrogens (tertiary/aromatic N) is 1. The van der Waals surface area contributed by atoms with E-state index in [-0.39, 0.29) is 35.1 Å². The minimum atomic E-state index is -1.33. The SMILES string of the molecule is CCc1cnc(C(=O)O)c(C(=O)O)c1.[Na]. The van der Waals surface area contributed by atoms with E-state index in [1.807, 2.05) is 6.92 Å². The predicted molar refractivity (Wildman–Crippen MR) is 53.3 cm³/mol. The fraction of sp³-hybridized carbons (Fsp3) is 0.222. The van der Waals surface area contributed by atoms with Crippen molar-refractivity contribution >= 4 is 41.5 Å². The Hall–Kier alpha value is -0.910. The van der Waals surface area contributed by atoms with Crippen molar-refractivity contribution in [1.29, 1.82) is 0 Å². The quantitative estimate of drug-likeness (QED) is 0.727. The van der Waals surface area contributed by atoms with E-state index in [0.29, 0.717) is 12.0 Å². The molecule has 0 saturated heterocycles. The number of aromatic carboxylic acids is 2. The first-order valence-corrected chi connectivity index (χ1v) is 4.01. The van der Waals surface area contributed by atoms with Gasteiger partial charge < -0.3 is 10.2 Å². The van der Waals surface area contributed by atoms with Gasteiger partial charge in [-0.3, -0.25) is 0 Å². The van der Waals surface area contributed by atoms with E-state index in [9.17, 15) is 9.59 Å². The van der Waals surface area contributed by atoms with Crippen LogP contribution in [0.3, 0.4) is 0 Å². The second-order valence-corrected chi connectivity index (χ2v) is 2.70. The van der Waals surface area contributed by atoms with Gasteiger partial charge in [-0.2, -0.15) is 0 Å². The second kappa shape index (κ2) is 5.85. The number of hydrogen-bond acceptors (Lipinski definition) is 3. The predicted octanol–water partition coefficient (Wildman–Crippen LogP) is 0.660. The van der Waals surface area contributed by atoms with E-state index in [1.165, 1.54) is 12.3 Å². The van der Waals surface area contributed by atoms with Crippen molar-refractivity contribution in [3.8, 4) is 0 Å². The van der Waals surface area contributed by atoms with Crippen LogP contribution >= 0.6 is 0 Å². The Balaban J connectivity index is 0.00000196. The van der Waals surface area contributed by atoms with Crippen molar-refractivity contribution in [2.75, 3.05) is 0 Å². The summed E-state index contributed by atoms with van der Waals surface area (Å²) in [6.07, 6.45) is 1.99. The molecule has 0 bridgehead atoms. The summed E-state index contributed by atoms with van der Waals surface area (Å²) in [6, 6.07) is 1.33. The molecular weight excluding hydrogens is 209 g/mol. The van der Waals surface area contributed by atoms with Crippen LogP contribution in [0.25, 0.3) is 0 Å². The van der Waals surface area contributed by atoms with E-state index >= 15 is 0 Å². The van der Waals surface area contributed by atoms with Gasteiger partial charge in [0.25, 0.3) is 0 Å². The van der Waals surface area contributed by atoms with Crippen LogP contribution in [0.4, 0.5) is 0 Å². The Morgan fingerprint density at radius 3 is 2.33 bits per heavy atom. The zero-order chi connectivity index (χ0) is 10.7. The van der Waals surface area contributed by atoms with Gasteiger partial charge in [0.05, 0.1) is 5.56 Å². The summed E-state index contributed by atoms with van der Waals surface area (Å²) in [5, 5.41) is 17.4. The van der Waals surface area contributed by atoms with E-state index in [2.05, 4.69) is 4.98 Å². The molecule has 5 nitrogen and oxygen atoms in total. The molecule has 0 aliphatic heterocycles. The van der Waals surface area contributed by atoms with Crippen molar-refractivity contribution in [3.63, 3.8) is 0 Å². The van der Waals surface area contributed by atoms with Crippen LogP contribution in [-0.4, -0.2) is 56.7 Å². The molecule has 1 heterocycles. The molecule has 0 unspecified atom stereocenters. The Labute approximate surface area is 108 Å². The molecule has 1 rings (SSSR count). The largest absolute Gasteiger partial charge is 0.478 e. The summed E-state index contributed by atoms with van der Waals surface area (Å²) in [5.74, 6) is -2.60. The molecule has 0 amide bonds. The number of carbonyl (C=O) groups is 2. The third kappa shape index (κ3) is 3.30. The van der Waals surface area contributed by atoms with Crippen LogP contribution in [0.15, 0.2) is 12.3 Å². The summed E-state index contributed by atoms with van der Waals surface area (Å²) in [5.41, 5.74) is 0.0129. The van der Waals surface area contributed by atoms with E-state index in [0.717, 1.165) is 0 Å². The van der Waals surface area contributed by atoms with Crippen molar-refractivity contribution in [1.82, 2.24) is 4.98 Å². The number of pyridine rings is 1. The number of carboxylic acids is 2. The molecule has 1 radical (unpaired) electrons. The molecule has 2 N–H and O–H groups in total. The number of rotatable bonds is 3. The summed E-state index contributed by atoms with van der Waals surface area (Å²) < 4.78 is 0. The fourth-order valence-corrected chi connectivity index (χ4v) is 1.03. The van der Waals surface area contributed by atoms with Gasteiger partial charge in [-0.1, -0.05) is 6.92 Å². The van der Waals surface area contributed by atoms with Crippen molar-refractivity contribution < 1.29 is 19.8 Å². The van der Waals surface area contributed by atoms with Crippen molar-refractivity contribution in [2.24, 2.45) is 0 Å². The first-order chi connectivity index (χ1) is 6.56. The summed E-state index contributed by atoms with van der Waals surface area (Å²) >= 11 is 0. The van der Waals surface area contributed by atoms with Gasteiger partial charge in [0.1, 0.15) is 0 Å². The average molecular weight is 218 g/mol. The Morgan fingerprint density at radius 1 is 1.33 bits per heavy atom. The molecular formula is C9H9NNaO4. The molecule has 6 heteroatoms. The van der Waals surface area contributed by atoms with Crippen LogP contribution in [0.1, 0.15) is 33.3 Å². The van der Waals surface area contributed by atoms with Gasteiger partial charge in [0, 0.05) is 35.8 Å². The number of hydrogen-bond donors (Lipinski definition) is 2. The average Bonchev–Trinajstić information content (AvgIpc) is 2.16. The van der Waals surface area contributed by atoms with Crippen LogP contribution < -0.4 is 0 Å². The first-order valence-electron chi connectivity index (χ1n) is 4.01. The smallest absolute Gasteiger partial charge is 0.355 e. The zero-order valence-electron chi connectivity index (χ0n) is 8.52. The van der Waals surface area contributed by atoms with Gasteiger partial charge in [-0.05, 0) is 18.1 Å². The molecule has 1 aromatic rings. The van der Waals surface area contributed by atoms with E-state index in [1.54, 1.807) is 0 Å². The maximum absolute atomic E-state index is 10.7. The summed E-state index contributed by atoms with van der Waals surface area (Å²) in [6.45, 7) is 1.84. The molecule has 0 fully saturated rings. The summed E-state index contributed by atoms with van der Waals surface area (Å²) in [4.78, 5) is 24.9. The minimum Gasteiger partial charge on any atom is -0.478 e. The molecule has 0 atom stereocenters. The van der Waals surface area contributed by atoms with E-state index in [4.69, 9.17) is 10.2 Å². The van der Waals surface area contributed by atoms with Gasteiger partial charge in [-0.15, -0.1) is 0 Å². The van der Waals surface area contributed by atoms with E-state index < -0.39 is 17.6 Å². The van der Waals surface area contributed by atoms with Gasteiger partial charge in [0.2, 0.25) is 0 Å². The van der Waals surface area contributed by atoms with Crippen LogP contribution in [0, 0.1) is 0 Å². The molecule has 15 heavy (non-hydrogen) atoms. The Morgan fingerprint density at radius 2 is 1.93 bits per heavy atom. The third-order valence-electron chi connectivity index (χ3n) is 1.79. The van der Waals surface area contributed by atoms with Gasteiger partial charge >= 0.3 is 11.9 Å². The summed E-state index contributed by atoms with van der Waals surface area (Å²) in [7, 11) is 0. The van der Waals surface area contributed by atoms with Crippen molar-refractivity contribution in [2.45, 2.75) is 13.3 Å². The molecule has 0 aromatic carbocycles. The zero-order valence-corrected chi connectivity index (χ0v) is 10.5. The molecule has 75 valence electrons. The standard InChI is InChI=1S/C9H9NO4.Na/c1-2-5-3-6(8(11)12)7(9(13)14)10-4-5;/h3-4H,2H2,1H3,(H,11,12)(H,13,14);. The number of aromatic nitrogens is 1. The number of carboxylic acid groups (broad SMARTS) is 2. The first kappa shape index (κ1) is 14.1. The molecule has 0 aliphatic rings. The molecule has 0 aliphatic carbocycles. The fourth-order valence-electron chi connectivity index (χ4n) is 1.03. The topological polar surface area (TPSA) is 87.5 Å². The number of aryl methyl sites for hydroxylation is 1. The van der Waals surface area contributed by atoms with Crippen LogP contribution in [0.2, 0.25) is 0 Å². The monoisotopic (exact) mass is 218 g/mol. The minimum absolute atomic E-state index is 0. The molecule has 1 aromatic heterocycles. The second-order valence-electron chi connectivity index (χ2n) is 2.70. The van der Waals surface area contributed by atoms with Gasteiger partial charge in [0.15, 0.2) is 5.69 Å².